The molecule has 1 atom stereocenters. The normalized spacial score (nSPS) is 11.6. The fourth-order valence-corrected chi connectivity index (χ4v) is 4.63. The van der Waals surface area contributed by atoms with Crippen LogP contribution in [0.15, 0.2) is 65.0 Å². The Balaban J connectivity index is 1.59. The van der Waals surface area contributed by atoms with E-state index in [1.807, 2.05) is 36.4 Å². The third-order valence-corrected chi connectivity index (χ3v) is 5.93. The van der Waals surface area contributed by atoms with E-state index in [1.165, 1.54) is 23.1 Å². The molecule has 0 saturated carbocycles. The van der Waals surface area contributed by atoms with E-state index >= 15 is 0 Å². The summed E-state index contributed by atoms with van der Waals surface area (Å²) in [6.07, 6.45) is 0. The van der Waals surface area contributed by atoms with Gasteiger partial charge in [-0.3, -0.25) is 20.4 Å². The van der Waals surface area contributed by atoms with Gasteiger partial charge < -0.3 is 0 Å². The first-order chi connectivity index (χ1) is 13.0. The van der Waals surface area contributed by atoms with Crippen LogP contribution in [-0.4, -0.2) is 26.8 Å². The summed E-state index contributed by atoms with van der Waals surface area (Å²) in [5, 5.41) is 4.02. The zero-order valence-electron chi connectivity index (χ0n) is 14.3. The van der Waals surface area contributed by atoms with Crippen molar-refractivity contribution in [3.8, 4) is 5.69 Å². The molecule has 0 radical (unpaired) electrons. The monoisotopic (exact) mass is 416 g/mol. The minimum Gasteiger partial charge on any atom is -0.272 e. The zero-order chi connectivity index (χ0) is 19.2. The second-order valence-corrected chi connectivity index (χ2v) is 8.66. The van der Waals surface area contributed by atoms with Gasteiger partial charge in [-0.2, -0.15) is 0 Å². The number of hydrogen-bond acceptors (Lipinski definition) is 6. The van der Waals surface area contributed by atoms with Crippen molar-refractivity contribution in [2.75, 3.05) is 0 Å². The maximum atomic E-state index is 12.2. The predicted molar refractivity (Wildman–Crippen MR) is 110 cm³/mol. The summed E-state index contributed by atoms with van der Waals surface area (Å²) in [4.78, 5) is 24.2. The molecule has 6 nitrogen and oxygen atoms in total. The number of carbonyl (C=O) groups is 2. The standard InChI is InChI=1S/C18H16N4O2S3/c1-12(15(23)19-20-16(24)13-8-4-2-5-9-13)26-17-21-22(18(25)27-17)14-10-6-3-7-11-14/h2-12H,1H3,(H,19,23)(H,20,24). The molecule has 0 aliphatic rings. The van der Waals surface area contributed by atoms with Crippen LogP contribution in [0.4, 0.5) is 0 Å². The number of para-hydroxylation sites is 1. The van der Waals surface area contributed by atoms with Gasteiger partial charge in [0.05, 0.1) is 10.9 Å². The summed E-state index contributed by atoms with van der Waals surface area (Å²) in [6.45, 7) is 1.74. The Bertz CT molecular complexity index is 987. The van der Waals surface area contributed by atoms with E-state index in [0.29, 0.717) is 13.9 Å². The lowest BCUT2D eigenvalue weighted by Crippen LogP contribution is -2.44. The molecular weight excluding hydrogens is 400 g/mol. The molecule has 0 bridgehead atoms. The number of nitrogens with zero attached hydrogens (tertiary/aromatic N) is 2. The third-order valence-electron chi connectivity index (χ3n) is 3.51. The summed E-state index contributed by atoms with van der Waals surface area (Å²) in [5.74, 6) is -0.693. The second-order valence-electron chi connectivity index (χ2n) is 5.45. The molecule has 1 heterocycles. The van der Waals surface area contributed by atoms with E-state index in [9.17, 15) is 9.59 Å². The number of hydrogen-bond donors (Lipinski definition) is 2. The van der Waals surface area contributed by atoms with Crippen molar-refractivity contribution in [2.24, 2.45) is 0 Å². The lowest BCUT2D eigenvalue weighted by atomic mass is 10.2. The van der Waals surface area contributed by atoms with Gasteiger partial charge in [-0.25, -0.2) is 4.68 Å². The number of benzene rings is 2. The highest BCUT2D eigenvalue weighted by Gasteiger charge is 2.18. The minimum absolute atomic E-state index is 0.323. The van der Waals surface area contributed by atoms with Crippen LogP contribution >= 0.6 is 35.3 Å². The highest BCUT2D eigenvalue weighted by molar-refractivity contribution is 8.02. The Hall–Kier alpha value is -2.49. The molecule has 0 spiro atoms. The van der Waals surface area contributed by atoms with Crippen molar-refractivity contribution in [3.63, 3.8) is 0 Å². The molecule has 0 fully saturated rings. The Morgan fingerprint density at radius 1 is 1.07 bits per heavy atom. The van der Waals surface area contributed by atoms with Crippen molar-refractivity contribution >= 4 is 47.1 Å². The van der Waals surface area contributed by atoms with Crippen LogP contribution < -0.4 is 10.9 Å². The average molecular weight is 417 g/mol. The van der Waals surface area contributed by atoms with Crippen LogP contribution in [0.1, 0.15) is 17.3 Å². The van der Waals surface area contributed by atoms with Crippen LogP contribution in [0, 0.1) is 3.95 Å². The van der Waals surface area contributed by atoms with Crippen LogP contribution in [0.2, 0.25) is 0 Å². The molecule has 3 aromatic rings. The third kappa shape index (κ3) is 5.03. The highest BCUT2D eigenvalue weighted by Crippen LogP contribution is 2.27. The summed E-state index contributed by atoms with van der Waals surface area (Å²) in [7, 11) is 0. The van der Waals surface area contributed by atoms with Gasteiger partial charge in [0.15, 0.2) is 8.29 Å². The Kier molecular flexibility index (Phi) is 6.38. The van der Waals surface area contributed by atoms with E-state index in [4.69, 9.17) is 12.2 Å². The van der Waals surface area contributed by atoms with Gasteiger partial charge in [0.1, 0.15) is 0 Å². The number of nitrogens with one attached hydrogen (secondary N) is 2. The minimum atomic E-state index is -0.453. The van der Waals surface area contributed by atoms with Crippen molar-refractivity contribution in [1.82, 2.24) is 20.6 Å². The Morgan fingerprint density at radius 2 is 1.70 bits per heavy atom. The topological polar surface area (TPSA) is 76.0 Å². The number of amides is 2. The van der Waals surface area contributed by atoms with E-state index in [2.05, 4.69) is 16.0 Å². The number of aromatic nitrogens is 2. The highest BCUT2D eigenvalue weighted by atomic mass is 32.2. The molecule has 2 aromatic carbocycles. The van der Waals surface area contributed by atoms with Crippen molar-refractivity contribution in [2.45, 2.75) is 16.5 Å². The summed E-state index contributed by atoms with van der Waals surface area (Å²) < 4.78 is 2.96. The van der Waals surface area contributed by atoms with Gasteiger partial charge in [0.2, 0.25) is 0 Å². The van der Waals surface area contributed by atoms with E-state index < -0.39 is 5.25 Å². The first kappa shape index (κ1) is 19.3. The molecule has 0 saturated heterocycles. The summed E-state index contributed by atoms with van der Waals surface area (Å²) >= 11 is 7.98. The van der Waals surface area contributed by atoms with E-state index in [1.54, 1.807) is 35.9 Å². The molecule has 1 aromatic heterocycles. The maximum Gasteiger partial charge on any atom is 0.269 e. The number of rotatable bonds is 5. The molecular formula is C18H16N4O2S3. The fraction of sp³-hybridized carbons (Fsp3) is 0.111. The number of thioether (sulfide) groups is 1. The molecule has 9 heteroatoms. The Morgan fingerprint density at radius 3 is 2.37 bits per heavy atom. The zero-order valence-corrected chi connectivity index (χ0v) is 16.7. The van der Waals surface area contributed by atoms with Crippen LogP contribution in [0.3, 0.4) is 0 Å². The van der Waals surface area contributed by atoms with Gasteiger partial charge in [0, 0.05) is 5.56 Å². The molecule has 3 rings (SSSR count). The van der Waals surface area contributed by atoms with Gasteiger partial charge in [-0.15, -0.1) is 5.10 Å². The molecule has 2 N–H and O–H groups in total. The van der Waals surface area contributed by atoms with Gasteiger partial charge in [-0.05, 0) is 43.4 Å². The number of hydrazine groups is 1. The molecule has 1 unspecified atom stereocenters. The quantitative estimate of drug-likeness (QED) is 0.378. The van der Waals surface area contributed by atoms with Gasteiger partial charge in [-0.1, -0.05) is 59.5 Å². The molecule has 2 amide bonds. The van der Waals surface area contributed by atoms with Crippen LogP contribution in [-0.2, 0) is 4.79 Å². The summed E-state index contributed by atoms with van der Waals surface area (Å²) in [5.41, 5.74) is 6.20. The van der Waals surface area contributed by atoms with E-state index in [0.717, 1.165) is 5.69 Å². The smallest absolute Gasteiger partial charge is 0.269 e. The first-order valence-electron chi connectivity index (χ1n) is 8.02. The van der Waals surface area contributed by atoms with E-state index in [-0.39, 0.29) is 11.8 Å². The fourth-order valence-electron chi connectivity index (χ4n) is 2.13. The number of carbonyl (C=O) groups excluding carboxylic acids is 2. The lowest BCUT2D eigenvalue weighted by molar-refractivity contribution is -0.121. The second kappa shape index (κ2) is 8.94. The molecule has 138 valence electrons. The van der Waals surface area contributed by atoms with Crippen LogP contribution in [0.5, 0.6) is 0 Å². The largest absolute Gasteiger partial charge is 0.272 e. The molecule has 0 aliphatic heterocycles. The van der Waals surface area contributed by atoms with Crippen LogP contribution in [0.25, 0.3) is 5.69 Å². The van der Waals surface area contributed by atoms with Gasteiger partial charge >= 0.3 is 0 Å². The first-order valence-corrected chi connectivity index (χ1v) is 10.1. The lowest BCUT2D eigenvalue weighted by Gasteiger charge is -2.11. The van der Waals surface area contributed by atoms with Crippen molar-refractivity contribution in [3.05, 3.63) is 70.2 Å². The Labute approximate surface area is 169 Å². The summed E-state index contributed by atoms with van der Waals surface area (Å²) in [6, 6.07) is 18.2. The SMILES string of the molecule is CC(Sc1nn(-c2ccccc2)c(=S)s1)C(=O)NNC(=O)c1ccccc1. The average Bonchev–Trinajstić information content (AvgIpc) is 3.07. The van der Waals surface area contributed by atoms with Gasteiger partial charge in [0.25, 0.3) is 11.8 Å². The predicted octanol–water partition coefficient (Wildman–Crippen LogP) is 3.61. The maximum absolute atomic E-state index is 12.2. The molecule has 27 heavy (non-hydrogen) atoms. The van der Waals surface area contributed by atoms with Crippen molar-refractivity contribution in [1.29, 1.82) is 0 Å². The molecule has 0 aliphatic carbocycles. The van der Waals surface area contributed by atoms with Crippen molar-refractivity contribution < 1.29 is 9.59 Å².